The van der Waals surface area contributed by atoms with Crippen molar-refractivity contribution in [3.63, 3.8) is 0 Å². The van der Waals surface area contributed by atoms with Gasteiger partial charge in [0, 0.05) is 12.1 Å². The standard InChI is InChI=1S/C13H17F2N/c14-10-7-8-13(12(15)9-10)16-11-5-3-1-2-4-6-11/h7-9,11,16H,1-6H2. The zero-order valence-corrected chi connectivity index (χ0v) is 9.31. The first-order valence-corrected chi connectivity index (χ1v) is 5.97. The Bertz CT molecular complexity index is 344. The van der Waals surface area contributed by atoms with E-state index in [4.69, 9.17) is 0 Å². The van der Waals surface area contributed by atoms with Gasteiger partial charge in [0.2, 0.25) is 0 Å². The Kier molecular flexibility index (Phi) is 3.75. The molecule has 1 aromatic rings. The summed E-state index contributed by atoms with van der Waals surface area (Å²) in [5.74, 6) is -1.02. The molecule has 1 nitrogen and oxygen atoms in total. The Labute approximate surface area is 94.9 Å². The summed E-state index contributed by atoms with van der Waals surface area (Å²) in [6, 6.07) is 4.04. The van der Waals surface area contributed by atoms with Crippen molar-refractivity contribution in [2.45, 2.75) is 44.6 Å². The zero-order valence-electron chi connectivity index (χ0n) is 9.31. The van der Waals surface area contributed by atoms with Gasteiger partial charge in [0.25, 0.3) is 0 Å². The van der Waals surface area contributed by atoms with Crippen LogP contribution in [0.5, 0.6) is 0 Å². The van der Waals surface area contributed by atoms with Gasteiger partial charge in [0.05, 0.1) is 5.69 Å². The first-order chi connectivity index (χ1) is 7.75. The third-order valence-corrected chi connectivity index (χ3v) is 3.15. The van der Waals surface area contributed by atoms with E-state index in [0.717, 1.165) is 18.9 Å². The van der Waals surface area contributed by atoms with E-state index in [1.807, 2.05) is 0 Å². The molecule has 1 aliphatic carbocycles. The van der Waals surface area contributed by atoms with Gasteiger partial charge >= 0.3 is 0 Å². The number of anilines is 1. The van der Waals surface area contributed by atoms with Crippen molar-refractivity contribution in [1.82, 2.24) is 0 Å². The van der Waals surface area contributed by atoms with Crippen LogP contribution < -0.4 is 5.32 Å². The minimum atomic E-state index is -0.524. The lowest BCUT2D eigenvalue weighted by atomic mass is 10.1. The van der Waals surface area contributed by atoms with Gasteiger partial charge in [0.15, 0.2) is 0 Å². The number of benzene rings is 1. The molecule has 2 rings (SSSR count). The maximum atomic E-state index is 13.4. The normalized spacial score (nSPS) is 18.1. The summed E-state index contributed by atoms with van der Waals surface area (Å²) >= 11 is 0. The number of hydrogen-bond donors (Lipinski definition) is 1. The van der Waals surface area contributed by atoms with E-state index in [1.165, 1.54) is 37.8 Å². The summed E-state index contributed by atoms with van der Waals surface area (Å²) in [6.07, 6.45) is 7.09. The zero-order chi connectivity index (χ0) is 11.4. The van der Waals surface area contributed by atoms with Crippen LogP contribution in [0.1, 0.15) is 38.5 Å². The van der Waals surface area contributed by atoms with Crippen LogP contribution in [0.3, 0.4) is 0 Å². The van der Waals surface area contributed by atoms with E-state index in [-0.39, 0.29) is 0 Å². The van der Waals surface area contributed by atoms with Crippen LogP contribution in [0.15, 0.2) is 18.2 Å². The molecule has 1 fully saturated rings. The van der Waals surface area contributed by atoms with Crippen molar-refractivity contribution in [3.05, 3.63) is 29.8 Å². The second-order valence-electron chi connectivity index (χ2n) is 4.46. The first-order valence-electron chi connectivity index (χ1n) is 5.97. The number of halogens is 2. The van der Waals surface area contributed by atoms with Crippen LogP contribution >= 0.6 is 0 Å². The lowest BCUT2D eigenvalue weighted by Gasteiger charge is -2.18. The van der Waals surface area contributed by atoms with Gasteiger partial charge < -0.3 is 5.32 Å². The van der Waals surface area contributed by atoms with Crippen molar-refractivity contribution < 1.29 is 8.78 Å². The largest absolute Gasteiger partial charge is 0.380 e. The molecule has 3 heteroatoms. The lowest BCUT2D eigenvalue weighted by Crippen LogP contribution is -2.19. The molecule has 1 saturated carbocycles. The Morgan fingerprint density at radius 2 is 1.69 bits per heavy atom. The number of hydrogen-bond acceptors (Lipinski definition) is 1. The number of rotatable bonds is 2. The van der Waals surface area contributed by atoms with Gasteiger partial charge in [-0.05, 0) is 25.0 Å². The second kappa shape index (κ2) is 5.28. The minimum absolute atomic E-state index is 0.336. The molecule has 1 N–H and O–H groups in total. The SMILES string of the molecule is Fc1ccc(NC2CCCCCC2)c(F)c1. The smallest absolute Gasteiger partial charge is 0.149 e. The Morgan fingerprint density at radius 1 is 1.00 bits per heavy atom. The van der Waals surface area contributed by atoms with Crippen molar-refractivity contribution >= 4 is 5.69 Å². The third kappa shape index (κ3) is 2.94. The van der Waals surface area contributed by atoms with Gasteiger partial charge in [-0.25, -0.2) is 8.78 Å². The van der Waals surface area contributed by atoms with Gasteiger partial charge in [0.1, 0.15) is 11.6 Å². The third-order valence-electron chi connectivity index (χ3n) is 3.15. The monoisotopic (exact) mass is 225 g/mol. The van der Waals surface area contributed by atoms with Crippen LogP contribution in [-0.2, 0) is 0 Å². The van der Waals surface area contributed by atoms with Gasteiger partial charge in [-0.1, -0.05) is 25.7 Å². The molecular formula is C13H17F2N. The lowest BCUT2D eigenvalue weighted by molar-refractivity contribution is 0.574. The molecule has 88 valence electrons. The van der Waals surface area contributed by atoms with Gasteiger partial charge in [-0.3, -0.25) is 0 Å². The van der Waals surface area contributed by atoms with Gasteiger partial charge in [-0.15, -0.1) is 0 Å². The molecule has 1 aliphatic rings. The highest BCUT2D eigenvalue weighted by Crippen LogP contribution is 2.23. The fraction of sp³-hybridized carbons (Fsp3) is 0.538. The predicted octanol–water partition coefficient (Wildman–Crippen LogP) is 4.10. The molecule has 0 atom stereocenters. The highest BCUT2D eigenvalue weighted by atomic mass is 19.1. The van der Waals surface area contributed by atoms with Crippen molar-refractivity contribution in [1.29, 1.82) is 0 Å². The summed E-state index contributed by atoms with van der Waals surface area (Å²) in [5, 5.41) is 3.17. The second-order valence-corrected chi connectivity index (χ2v) is 4.46. The Balaban J connectivity index is 2.01. The van der Waals surface area contributed by atoms with E-state index in [2.05, 4.69) is 5.32 Å². The van der Waals surface area contributed by atoms with Crippen molar-refractivity contribution in [2.24, 2.45) is 0 Å². The van der Waals surface area contributed by atoms with E-state index in [1.54, 1.807) is 0 Å². The molecule has 0 aromatic heterocycles. The van der Waals surface area contributed by atoms with Crippen LogP contribution in [0, 0.1) is 11.6 Å². The molecule has 0 radical (unpaired) electrons. The molecule has 0 bridgehead atoms. The molecule has 1 aromatic carbocycles. The topological polar surface area (TPSA) is 12.0 Å². The fourth-order valence-electron chi connectivity index (χ4n) is 2.25. The Morgan fingerprint density at radius 3 is 2.31 bits per heavy atom. The predicted molar refractivity (Wildman–Crippen MR) is 61.5 cm³/mol. The summed E-state index contributed by atoms with van der Waals surface area (Å²) in [7, 11) is 0. The maximum absolute atomic E-state index is 13.4. The number of nitrogens with one attached hydrogen (secondary N) is 1. The van der Waals surface area contributed by atoms with Crippen LogP contribution in [0.4, 0.5) is 14.5 Å². The van der Waals surface area contributed by atoms with Crippen molar-refractivity contribution in [2.75, 3.05) is 5.32 Å². The van der Waals surface area contributed by atoms with Crippen LogP contribution in [0.2, 0.25) is 0 Å². The highest BCUT2D eigenvalue weighted by Gasteiger charge is 2.13. The molecule has 0 amide bonds. The average molecular weight is 225 g/mol. The summed E-state index contributed by atoms with van der Waals surface area (Å²) in [5.41, 5.74) is 0.424. The average Bonchev–Trinajstić information content (AvgIpc) is 2.51. The highest BCUT2D eigenvalue weighted by molar-refractivity contribution is 5.45. The first kappa shape index (κ1) is 11.4. The maximum Gasteiger partial charge on any atom is 0.149 e. The molecule has 0 unspecified atom stereocenters. The molecule has 0 heterocycles. The van der Waals surface area contributed by atoms with Crippen LogP contribution in [-0.4, -0.2) is 6.04 Å². The molecular weight excluding hydrogens is 208 g/mol. The molecule has 0 saturated heterocycles. The van der Waals surface area contributed by atoms with E-state index < -0.39 is 11.6 Å². The summed E-state index contributed by atoms with van der Waals surface area (Å²) < 4.78 is 26.1. The van der Waals surface area contributed by atoms with E-state index in [9.17, 15) is 8.78 Å². The van der Waals surface area contributed by atoms with Crippen LogP contribution in [0.25, 0.3) is 0 Å². The minimum Gasteiger partial charge on any atom is -0.380 e. The van der Waals surface area contributed by atoms with E-state index >= 15 is 0 Å². The Hall–Kier alpha value is -1.12. The summed E-state index contributed by atoms with van der Waals surface area (Å²) in [4.78, 5) is 0. The fourth-order valence-corrected chi connectivity index (χ4v) is 2.25. The quantitative estimate of drug-likeness (QED) is 0.747. The van der Waals surface area contributed by atoms with E-state index in [0.29, 0.717) is 11.7 Å². The van der Waals surface area contributed by atoms with Gasteiger partial charge in [-0.2, -0.15) is 0 Å². The summed E-state index contributed by atoms with van der Waals surface area (Å²) in [6.45, 7) is 0. The molecule has 0 aliphatic heterocycles. The molecule has 0 spiro atoms. The molecule has 16 heavy (non-hydrogen) atoms. The van der Waals surface area contributed by atoms with Crippen molar-refractivity contribution in [3.8, 4) is 0 Å².